The van der Waals surface area contributed by atoms with Crippen molar-refractivity contribution in [3.05, 3.63) is 0 Å². The Morgan fingerprint density at radius 2 is 1.88 bits per heavy atom. The number of aliphatic hydroxyl groups is 1. The average molecular weight is 227 g/mol. The Kier molecular flexibility index (Phi) is 3.78. The van der Waals surface area contributed by atoms with Gasteiger partial charge in [0, 0.05) is 51.8 Å². The highest BCUT2D eigenvalue weighted by molar-refractivity contribution is 5.79. The minimum absolute atomic E-state index is 0.207. The van der Waals surface area contributed by atoms with E-state index in [-0.39, 0.29) is 12.5 Å². The average Bonchev–Trinajstić information content (AvgIpc) is 2.20. The quantitative estimate of drug-likeness (QED) is 0.650. The second-order valence-electron chi connectivity index (χ2n) is 4.93. The van der Waals surface area contributed by atoms with Crippen LogP contribution >= 0.6 is 0 Å². The smallest absolute Gasteiger partial charge is 0.236 e. The second-order valence-corrected chi connectivity index (χ2v) is 4.93. The van der Waals surface area contributed by atoms with E-state index >= 15 is 0 Å². The zero-order valence-corrected chi connectivity index (χ0v) is 9.93. The van der Waals surface area contributed by atoms with E-state index in [0.717, 1.165) is 39.3 Å². The third-order valence-electron chi connectivity index (χ3n) is 3.52. The van der Waals surface area contributed by atoms with E-state index in [4.69, 9.17) is 5.11 Å². The Bertz CT molecular complexity index is 246. The van der Waals surface area contributed by atoms with Crippen molar-refractivity contribution in [2.45, 2.75) is 0 Å². The zero-order chi connectivity index (χ0) is 11.5. The van der Waals surface area contributed by atoms with Gasteiger partial charge in [0.25, 0.3) is 0 Å². The lowest BCUT2D eigenvalue weighted by molar-refractivity contribution is -0.140. The van der Waals surface area contributed by atoms with Crippen LogP contribution < -0.4 is 0 Å². The molecule has 0 aromatic carbocycles. The molecule has 2 aliphatic rings. The van der Waals surface area contributed by atoms with Crippen LogP contribution in [0.25, 0.3) is 0 Å². The van der Waals surface area contributed by atoms with Crippen molar-refractivity contribution in [2.24, 2.45) is 5.92 Å². The Hall–Kier alpha value is -0.650. The van der Waals surface area contributed by atoms with E-state index in [9.17, 15) is 4.79 Å². The zero-order valence-electron chi connectivity index (χ0n) is 9.93. The Balaban J connectivity index is 1.68. The number of hydrogen-bond acceptors (Lipinski definition) is 4. The summed E-state index contributed by atoms with van der Waals surface area (Å²) >= 11 is 0. The van der Waals surface area contributed by atoms with Crippen LogP contribution in [-0.4, -0.2) is 85.2 Å². The lowest BCUT2D eigenvalue weighted by Gasteiger charge is -2.40. The monoisotopic (exact) mass is 227 g/mol. The molecule has 1 amide bonds. The van der Waals surface area contributed by atoms with Crippen molar-refractivity contribution in [3.8, 4) is 0 Å². The van der Waals surface area contributed by atoms with Gasteiger partial charge in [-0.1, -0.05) is 0 Å². The van der Waals surface area contributed by atoms with Crippen LogP contribution in [0.2, 0.25) is 0 Å². The molecule has 0 aliphatic carbocycles. The first-order valence-electron chi connectivity index (χ1n) is 5.98. The van der Waals surface area contributed by atoms with Gasteiger partial charge in [-0.2, -0.15) is 0 Å². The van der Waals surface area contributed by atoms with E-state index in [1.165, 1.54) is 0 Å². The predicted molar refractivity (Wildman–Crippen MR) is 61.1 cm³/mol. The Morgan fingerprint density at radius 1 is 1.25 bits per heavy atom. The van der Waals surface area contributed by atoms with Crippen LogP contribution in [0.1, 0.15) is 0 Å². The number of rotatable bonds is 3. The van der Waals surface area contributed by atoms with Gasteiger partial charge in [-0.25, -0.2) is 0 Å². The normalized spacial score (nSPS) is 24.5. The van der Waals surface area contributed by atoms with Gasteiger partial charge in [0.1, 0.15) is 0 Å². The molecule has 0 saturated carbocycles. The number of nitrogens with zero attached hydrogens (tertiary/aromatic N) is 3. The van der Waals surface area contributed by atoms with Gasteiger partial charge in [0.05, 0.1) is 6.54 Å². The number of likely N-dealkylation sites (N-methyl/N-ethyl adjacent to an activating group) is 1. The van der Waals surface area contributed by atoms with Crippen molar-refractivity contribution in [1.29, 1.82) is 0 Å². The highest BCUT2D eigenvalue weighted by Crippen LogP contribution is 2.15. The fourth-order valence-electron chi connectivity index (χ4n) is 2.19. The maximum absolute atomic E-state index is 11.8. The molecule has 0 bridgehead atoms. The lowest BCUT2D eigenvalue weighted by Crippen LogP contribution is -2.55. The number of carbonyl (C=O) groups excluding carboxylic acids is 1. The molecule has 0 atom stereocenters. The summed E-state index contributed by atoms with van der Waals surface area (Å²) in [5, 5.41) is 8.88. The van der Waals surface area contributed by atoms with Gasteiger partial charge in [-0.15, -0.1) is 0 Å². The molecule has 0 unspecified atom stereocenters. The predicted octanol–water partition coefficient (Wildman–Crippen LogP) is -1.32. The van der Waals surface area contributed by atoms with Crippen molar-refractivity contribution in [1.82, 2.24) is 14.7 Å². The molecule has 0 aromatic heterocycles. The summed E-state index contributed by atoms with van der Waals surface area (Å²) < 4.78 is 0. The topological polar surface area (TPSA) is 47.0 Å². The van der Waals surface area contributed by atoms with Gasteiger partial charge < -0.3 is 14.9 Å². The van der Waals surface area contributed by atoms with Crippen LogP contribution in [-0.2, 0) is 4.79 Å². The first-order valence-corrected chi connectivity index (χ1v) is 5.98. The minimum Gasteiger partial charge on any atom is -0.396 e. The molecule has 2 aliphatic heterocycles. The second kappa shape index (κ2) is 5.12. The van der Waals surface area contributed by atoms with Crippen molar-refractivity contribution in [2.75, 3.05) is 59.5 Å². The Morgan fingerprint density at radius 3 is 2.44 bits per heavy atom. The van der Waals surface area contributed by atoms with Crippen LogP contribution in [0.4, 0.5) is 0 Å². The number of piperazine rings is 1. The third kappa shape index (κ3) is 2.72. The third-order valence-corrected chi connectivity index (χ3v) is 3.52. The summed E-state index contributed by atoms with van der Waals surface area (Å²) in [5.74, 6) is 0.533. The number of carbonyl (C=O) groups is 1. The lowest BCUT2D eigenvalue weighted by atomic mass is 10.0. The molecule has 5 nitrogen and oxygen atoms in total. The highest BCUT2D eigenvalue weighted by Gasteiger charge is 2.30. The van der Waals surface area contributed by atoms with E-state index in [0.29, 0.717) is 12.5 Å². The number of amides is 1. The summed E-state index contributed by atoms with van der Waals surface area (Å²) in [5.41, 5.74) is 0. The first kappa shape index (κ1) is 11.8. The molecule has 2 heterocycles. The molecule has 16 heavy (non-hydrogen) atoms. The first-order chi connectivity index (χ1) is 7.69. The van der Waals surface area contributed by atoms with Crippen molar-refractivity contribution >= 4 is 5.91 Å². The van der Waals surface area contributed by atoms with Crippen molar-refractivity contribution < 1.29 is 9.90 Å². The van der Waals surface area contributed by atoms with Gasteiger partial charge >= 0.3 is 0 Å². The summed E-state index contributed by atoms with van der Waals surface area (Å²) in [6.07, 6.45) is 0. The van der Waals surface area contributed by atoms with E-state index in [1.54, 1.807) is 0 Å². The summed E-state index contributed by atoms with van der Waals surface area (Å²) in [7, 11) is 2.11. The van der Waals surface area contributed by atoms with Crippen molar-refractivity contribution in [3.63, 3.8) is 0 Å². The van der Waals surface area contributed by atoms with Crippen LogP contribution in [0.5, 0.6) is 0 Å². The maximum atomic E-state index is 11.8. The molecule has 92 valence electrons. The molecule has 1 N–H and O–H groups in total. The molecule has 0 spiro atoms. The van der Waals surface area contributed by atoms with E-state index in [1.807, 2.05) is 4.90 Å². The fraction of sp³-hybridized carbons (Fsp3) is 0.909. The van der Waals surface area contributed by atoms with E-state index in [2.05, 4.69) is 16.8 Å². The number of aliphatic hydroxyl groups excluding tert-OH is 1. The molecule has 0 aromatic rings. The number of likely N-dealkylation sites (tertiary alicyclic amines) is 1. The van der Waals surface area contributed by atoms with Gasteiger partial charge in [-0.05, 0) is 7.05 Å². The molecule has 2 saturated heterocycles. The molecule has 2 rings (SSSR count). The number of hydrogen-bond donors (Lipinski definition) is 1. The van der Waals surface area contributed by atoms with Gasteiger partial charge in [0.15, 0.2) is 0 Å². The summed E-state index contributed by atoms with van der Waals surface area (Å²) in [6.45, 7) is 6.30. The standard InChI is InChI=1S/C11H21N3O2/c1-12-2-4-13(5-3-12)8-11(16)14-6-10(7-14)9-15/h10,15H,2-9H2,1H3. The Labute approximate surface area is 96.6 Å². The molecule has 2 fully saturated rings. The van der Waals surface area contributed by atoms with Crippen LogP contribution in [0, 0.1) is 5.92 Å². The molecule has 0 radical (unpaired) electrons. The maximum Gasteiger partial charge on any atom is 0.236 e. The largest absolute Gasteiger partial charge is 0.396 e. The molecule has 5 heteroatoms. The fourth-order valence-corrected chi connectivity index (χ4v) is 2.19. The van der Waals surface area contributed by atoms with Crippen LogP contribution in [0.3, 0.4) is 0 Å². The van der Waals surface area contributed by atoms with Crippen LogP contribution in [0.15, 0.2) is 0 Å². The SMILES string of the molecule is CN1CCN(CC(=O)N2CC(CO)C2)CC1. The van der Waals surface area contributed by atoms with E-state index < -0.39 is 0 Å². The van der Waals surface area contributed by atoms with Gasteiger partial charge in [0.2, 0.25) is 5.91 Å². The summed E-state index contributed by atoms with van der Waals surface area (Å²) in [6, 6.07) is 0. The minimum atomic E-state index is 0.207. The highest BCUT2D eigenvalue weighted by atomic mass is 16.3. The van der Waals surface area contributed by atoms with Gasteiger partial charge in [-0.3, -0.25) is 9.69 Å². The molecular formula is C11H21N3O2. The molecular weight excluding hydrogens is 206 g/mol. The summed E-state index contributed by atoms with van der Waals surface area (Å²) in [4.78, 5) is 18.2.